The number of carbonyl (C=O) groups is 3. The second-order valence-corrected chi connectivity index (χ2v) is 9.52. The standard InChI is InChI=1S/C18H25N5O3S.C2H4O2/c1-2-26-9-15-20-21-18(27-15)22-8-10(5-16(22)24)17(25)23-13-3-4-14(23)12-7-19-6-11(12)13;1-2(3)4/h10-14,19H,2-9H2,1H3;1H3,(H,3,4)/t10?,11-,12+,13-,14+;. The zero-order valence-electron chi connectivity index (χ0n) is 17.8. The molecule has 4 saturated heterocycles. The number of hydrogen-bond donors (Lipinski definition) is 2. The molecule has 5 atom stereocenters. The van der Waals surface area contributed by atoms with Gasteiger partial charge in [-0.2, -0.15) is 0 Å². The topological polar surface area (TPSA) is 125 Å². The molecule has 10 nitrogen and oxygen atoms in total. The van der Waals surface area contributed by atoms with Gasteiger partial charge in [-0.1, -0.05) is 11.3 Å². The predicted octanol–water partition coefficient (Wildman–Crippen LogP) is 0.727. The monoisotopic (exact) mass is 451 g/mol. The van der Waals surface area contributed by atoms with Crippen LogP contribution in [0.25, 0.3) is 0 Å². The normalized spacial score (nSPS) is 31.0. The van der Waals surface area contributed by atoms with Gasteiger partial charge in [0.1, 0.15) is 11.6 Å². The minimum Gasteiger partial charge on any atom is -0.481 e. The van der Waals surface area contributed by atoms with E-state index in [1.807, 2.05) is 6.92 Å². The van der Waals surface area contributed by atoms with Crippen LogP contribution in [0.5, 0.6) is 0 Å². The molecule has 0 aromatic carbocycles. The highest BCUT2D eigenvalue weighted by Crippen LogP contribution is 2.48. The number of carboxylic acids is 1. The first kappa shape index (κ1) is 22.1. The van der Waals surface area contributed by atoms with Gasteiger partial charge in [-0.3, -0.25) is 19.3 Å². The molecule has 4 fully saturated rings. The molecule has 4 aliphatic rings. The maximum Gasteiger partial charge on any atom is 0.300 e. The zero-order valence-corrected chi connectivity index (χ0v) is 18.6. The Hall–Kier alpha value is -2.11. The van der Waals surface area contributed by atoms with E-state index < -0.39 is 5.97 Å². The van der Waals surface area contributed by atoms with Gasteiger partial charge in [-0.05, 0) is 31.6 Å². The molecule has 4 aliphatic heterocycles. The van der Waals surface area contributed by atoms with E-state index in [9.17, 15) is 9.59 Å². The molecule has 11 heteroatoms. The molecule has 5 heterocycles. The van der Waals surface area contributed by atoms with Crippen molar-refractivity contribution >= 4 is 34.3 Å². The lowest BCUT2D eigenvalue weighted by atomic mass is 9.82. The van der Waals surface area contributed by atoms with E-state index in [0.717, 1.165) is 37.9 Å². The number of rotatable bonds is 5. The summed E-state index contributed by atoms with van der Waals surface area (Å²) in [6, 6.07) is 0.733. The Kier molecular flexibility index (Phi) is 6.54. The maximum absolute atomic E-state index is 13.3. The van der Waals surface area contributed by atoms with Gasteiger partial charge in [0.15, 0.2) is 0 Å². The van der Waals surface area contributed by atoms with Gasteiger partial charge in [0, 0.05) is 51.7 Å². The first-order chi connectivity index (χ1) is 14.9. The molecule has 31 heavy (non-hydrogen) atoms. The summed E-state index contributed by atoms with van der Waals surface area (Å²) in [5.74, 6) is 0.259. The summed E-state index contributed by atoms with van der Waals surface area (Å²) < 4.78 is 5.35. The van der Waals surface area contributed by atoms with E-state index in [1.165, 1.54) is 11.3 Å². The highest BCUT2D eigenvalue weighted by atomic mass is 32.1. The summed E-state index contributed by atoms with van der Waals surface area (Å²) >= 11 is 1.37. The van der Waals surface area contributed by atoms with E-state index in [1.54, 1.807) is 4.90 Å². The second-order valence-electron chi connectivity index (χ2n) is 8.48. The van der Waals surface area contributed by atoms with Gasteiger partial charge in [-0.15, -0.1) is 10.2 Å². The Morgan fingerprint density at radius 3 is 2.48 bits per heavy atom. The van der Waals surface area contributed by atoms with E-state index in [-0.39, 0.29) is 24.2 Å². The van der Waals surface area contributed by atoms with E-state index in [4.69, 9.17) is 14.6 Å². The predicted molar refractivity (Wildman–Crippen MR) is 113 cm³/mol. The van der Waals surface area contributed by atoms with Gasteiger partial charge < -0.3 is 20.1 Å². The molecular formula is C20H29N5O5S. The molecule has 0 saturated carbocycles. The number of fused-ring (bicyclic) bond motifs is 5. The largest absolute Gasteiger partial charge is 0.481 e. The lowest BCUT2D eigenvalue weighted by molar-refractivity contribution is -0.137. The Bertz CT molecular complexity index is 826. The van der Waals surface area contributed by atoms with Crippen LogP contribution in [0.4, 0.5) is 5.13 Å². The van der Waals surface area contributed by atoms with Crippen LogP contribution in [0.15, 0.2) is 0 Å². The minimum absolute atomic E-state index is 0.0270. The SMILES string of the molecule is CC(=O)O.CCOCc1nnc(N2CC(C(=O)N3[C@@H]4CC[C@H]3[C@H]3CNC[C@H]34)CC2=O)s1. The number of carboxylic acid groups (broad SMARTS) is 1. The third-order valence-electron chi connectivity index (χ3n) is 6.62. The highest BCUT2D eigenvalue weighted by Gasteiger charge is 2.57. The Morgan fingerprint density at radius 1 is 1.23 bits per heavy atom. The quantitative estimate of drug-likeness (QED) is 0.671. The Labute approximate surface area is 184 Å². The van der Waals surface area contributed by atoms with Crippen molar-refractivity contribution in [3.05, 3.63) is 5.01 Å². The molecule has 1 unspecified atom stereocenters. The van der Waals surface area contributed by atoms with Gasteiger partial charge in [0.05, 0.1) is 5.92 Å². The van der Waals surface area contributed by atoms with Crippen LogP contribution in [-0.2, 0) is 25.7 Å². The van der Waals surface area contributed by atoms with Crippen LogP contribution in [0.2, 0.25) is 0 Å². The number of amides is 2. The highest BCUT2D eigenvalue weighted by molar-refractivity contribution is 7.15. The van der Waals surface area contributed by atoms with Gasteiger partial charge in [0.25, 0.3) is 5.97 Å². The molecule has 170 valence electrons. The summed E-state index contributed by atoms with van der Waals surface area (Å²) in [6.07, 6.45) is 2.50. The van der Waals surface area contributed by atoms with E-state index >= 15 is 0 Å². The zero-order chi connectivity index (χ0) is 22.1. The molecule has 2 amide bonds. The van der Waals surface area contributed by atoms with Gasteiger partial charge >= 0.3 is 0 Å². The molecule has 2 bridgehead atoms. The molecular weight excluding hydrogens is 422 g/mol. The van der Waals surface area contributed by atoms with Crippen molar-refractivity contribution in [3.63, 3.8) is 0 Å². The first-order valence-electron chi connectivity index (χ1n) is 10.8. The molecule has 0 radical (unpaired) electrons. The van der Waals surface area contributed by atoms with Crippen molar-refractivity contribution in [2.45, 2.75) is 51.8 Å². The van der Waals surface area contributed by atoms with Crippen LogP contribution in [0, 0.1) is 17.8 Å². The summed E-state index contributed by atoms with van der Waals surface area (Å²) in [5.41, 5.74) is 0. The molecule has 5 rings (SSSR count). The van der Waals surface area contributed by atoms with E-state index in [2.05, 4.69) is 20.4 Å². The van der Waals surface area contributed by atoms with Crippen LogP contribution < -0.4 is 10.2 Å². The van der Waals surface area contributed by atoms with Crippen molar-refractivity contribution in [1.29, 1.82) is 0 Å². The maximum atomic E-state index is 13.3. The third kappa shape index (κ3) is 4.31. The van der Waals surface area contributed by atoms with Crippen molar-refractivity contribution < 1.29 is 24.2 Å². The number of aromatic nitrogens is 2. The van der Waals surface area contributed by atoms with Crippen LogP contribution in [-0.4, -0.2) is 76.3 Å². The average Bonchev–Trinajstić information content (AvgIpc) is 3.51. The Balaban J connectivity index is 0.000000535. The number of anilines is 1. The fourth-order valence-electron chi connectivity index (χ4n) is 5.47. The van der Waals surface area contributed by atoms with Crippen LogP contribution in [0.3, 0.4) is 0 Å². The van der Waals surface area contributed by atoms with Crippen molar-refractivity contribution in [2.75, 3.05) is 31.1 Å². The van der Waals surface area contributed by atoms with E-state index in [0.29, 0.717) is 48.8 Å². The number of hydrogen-bond acceptors (Lipinski definition) is 8. The molecule has 1 aromatic heterocycles. The molecule has 2 N–H and O–H groups in total. The fraction of sp³-hybridized carbons (Fsp3) is 0.750. The smallest absolute Gasteiger partial charge is 0.300 e. The van der Waals surface area contributed by atoms with Crippen LogP contribution >= 0.6 is 11.3 Å². The lowest BCUT2D eigenvalue weighted by Gasteiger charge is -2.27. The van der Waals surface area contributed by atoms with Gasteiger partial charge in [0.2, 0.25) is 16.9 Å². The summed E-state index contributed by atoms with van der Waals surface area (Å²) in [5, 5.41) is 20.5. The van der Waals surface area contributed by atoms with Crippen molar-refractivity contribution in [3.8, 4) is 0 Å². The third-order valence-corrected chi connectivity index (χ3v) is 7.54. The van der Waals surface area contributed by atoms with Gasteiger partial charge in [-0.25, -0.2) is 0 Å². The molecule has 0 aliphatic carbocycles. The first-order valence-corrected chi connectivity index (χ1v) is 11.6. The fourth-order valence-corrected chi connectivity index (χ4v) is 6.27. The van der Waals surface area contributed by atoms with Crippen molar-refractivity contribution in [2.24, 2.45) is 17.8 Å². The second kappa shape index (κ2) is 9.17. The summed E-state index contributed by atoms with van der Waals surface area (Å²) in [4.78, 5) is 38.6. The molecule has 1 aromatic rings. The van der Waals surface area contributed by atoms with Crippen molar-refractivity contribution in [1.82, 2.24) is 20.4 Å². The number of aliphatic carboxylic acids is 1. The minimum atomic E-state index is -0.833. The number of nitrogens with zero attached hydrogens (tertiary/aromatic N) is 4. The molecule has 0 spiro atoms. The van der Waals surface area contributed by atoms with Crippen LogP contribution in [0.1, 0.15) is 38.1 Å². The summed E-state index contributed by atoms with van der Waals surface area (Å²) in [6.45, 7) is 6.51. The number of carbonyl (C=O) groups excluding carboxylic acids is 2. The Morgan fingerprint density at radius 2 is 1.87 bits per heavy atom. The lowest BCUT2D eigenvalue weighted by Crippen LogP contribution is -2.43. The number of nitrogens with one attached hydrogen (secondary N) is 1. The summed E-state index contributed by atoms with van der Waals surface area (Å²) in [7, 11) is 0. The number of ether oxygens (including phenoxy) is 1. The average molecular weight is 452 g/mol.